The van der Waals surface area contributed by atoms with Gasteiger partial charge in [-0.05, 0) is 73.0 Å². The van der Waals surface area contributed by atoms with Gasteiger partial charge in [0.15, 0.2) is 0 Å². The van der Waals surface area contributed by atoms with Crippen LogP contribution in [0.15, 0.2) is 48.7 Å². The Balaban J connectivity index is 1.73. The van der Waals surface area contributed by atoms with Crippen LogP contribution in [0.3, 0.4) is 0 Å². The van der Waals surface area contributed by atoms with Crippen molar-refractivity contribution in [3.63, 3.8) is 0 Å². The number of aromatic nitrogens is 1. The number of nitrogens with one attached hydrogen (secondary N) is 2. The first-order chi connectivity index (χ1) is 12.7. The van der Waals surface area contributed by atoms with E-state index in [-0.39, 0.29) is 6.04 Å². The summed E-state index contributed by atoms with van der Waals surface area (Å²) >= 11 is 0. The predicted molar refractivity (Wildman–Crippen MR) is 109 cm³/mol. The van der Waals surface area contributed by atoms with Crippen LogP contribution in [0.4, 0.5) is 0 Å². The predicted octanol–water partition coefficient (Wildman–Crippen LogP) is 5.70. The van der Waals surface area contributed by atoms with E-state index in [2.05, 4.69) is 73.6 Å². The van der Waals surface area contributed by atoms with Crippen molar-refractivity contribution >= 4 is 5.57 Å². The van der Waals surface area contributed by atoms with E-state index in [1.807, 2.05) is 6.20 Å². The molecule has 0 amide bonds. The topological polar surface area (TPSA) is 37.0 Å². The summed E-state index contributed by atoms with van der Waals surface area (Å²) in [5.74, 6) is 0.946. The van der Waals surface area contributed by atoms with Gasteiger partial charge in [0.05, 0.1) is 12.6 Å². The second-order valence-electron chi connectivity index (χ2n) is 6.97. The Morgan fingerprint density at radius 3 is 2.62 bits per heavy atom. The van der Waals surface area contributed by atoms with Gasteiger partial charge in [-0.3, -0.25) is 0 Å². The van der Waals surface area contributed by atoms with Gasteiger partial charge in [-0.15, -0.1) is 0 Å². The van der Waals surface area contributed by atoms with Gasteiger partial charge in [-0.25, -0.2) is 0 Å². The molecule has 0 bridgehead atoms. The molecule has 0 spiro atoms. The third kappa shape index (κ3) is 4.40. The molecule has 0 radical (unpaired) electrons. The molecule has 2 aromatic rings. The molecule has 1 aromatic carbocycles. The lowest BCUT2D eigenvalue weighted by Crippen LogP contribution is -2.16. The number of unbranched alkanes of at least 4 members (excludes halogenated alkanes) is 1. The van der Waals surface area contributed by atoms with Crippen LogP contribution in [0.5, 0.6) is 5.75 Å². The monoisotopic (exact) mass is 350 g/mol. The maximum atomic E-state index is 5.76. The lowest BCUT2D eigenvalue weighted by atomic mass is 10.00. The van der Waals surface area contributed by atoms with Crippen molar-refractivity contribution in [1.82, 2.24) is 10.3 Å². The number of rotatable bonds is 8. The first-order valence-electron chi connectivity index (χ1n) is 9.77. The second kappa shape index (κ2) is 8.79. The van der Waals surface area contributed by atoms with E-state index >= 15 is 0 Å². The van der Waals surface area contributed by atoms with E-state index in [0.29, 0.717) is 0 Å². The summed E-state index contributed by atoms with van der Waals surface area (Å²) in [7, 11) is 0. The number of aryl methyl sites for hydroxylation is 2. The zero-order valence-electron chi connectivity index (χ0n) is 16.1. The molecular formula is C23H30N2O. The van der Waals surface area contributed by atoms with E-state index in [9.17, 15) is 0 Å². The molecule has 1 aliphatic rings. The first-order valence-corrected chi connectivity index (χ1v) is 9.77. The lowest BCUT2D eigenvalue weighted by Gasteiger charge is -2.19. The maximum Gasteiger partial charge on any atom is 0.119 e. The average molecular weight is 351 g/mol. The second-order valence-corrected chi connectivity index (χ2v) is 6.97. The molecule has 26 heavy (non-hydrogen) atoms. The fourth-order valence-electron chi connectivity index (χ4n) is 3.27. The van der Waals surface area contributed by atoms with Gasteiger partial charge in [-0.2, -0.15) is 0 Å². The van der Waals surface area contributed by atoms with Gasteiger partial charge in [0.1, 0.15) is 5.75 Å². The van der Waals surface area contributed by atoms with Gasteiger partial charge in [0, 0.05) is 11.4 Å². The molecule has 1 aliphatic heterocycles. The molecule has 0 aliphatic carbocycles. The van der Waals surface area contributed by atoms with E-state index < -0.39 is 0 Å². The van der Waals surface area contributed by atoms with E-state index in [4.69, 9.17) is 4.74 Å². The van der Waals surface area contributed by atoms with Gasteiger partial charge < -0.3 is 15.0 Å². The Morgan fingerprint density at radius 2 is 1.88 bits per heavy atom. The van der Waals surface area contributed by atoms with Crippen LogP contribution >= 0.6 is 0 Å². The van der Waals surface area contributed by atoms with Gasteiger partial charge in [0.2, 0.25) is 0 Å². The first kappa shape index (κ1) is 18.4. The molecule has 0 saturated heterocycles. The summed E-state index contributed by atoms with van der Waals surface area (Å²) in [5, 5.41) is 3.44. The van der Waals surface area contributed by atoms with Crippen molar-refractivity contribution in [2.45, 2.75) is 52.5 Å². The molecule has 3 heteroatoms. The minimum absolute atomic E-state index is 0.179. The molecule has 3 rings (SSSR count). The van der Waals surface area contributed by atoms with E-state index in [1.165, 1.54) is 28.1 Å². The Labute approximate surface area is 157 Å². The molecule has 0 saturated carbocycles. The van der Waals surface area contributed by atoms with Gasteiger partial charge >= 0.3 is 0 Å². The minimum Gasteiger partial charge on any atom is -0.494 e. The number of H-pyrrole nitrogens is 1. The molecule has 0 fully saturated rings. The number of benzene rings is 1. The highest BCUT2D eigenvalue weighted by Crippen LogP contribution is 2.28. The highest BCUT2D eigenvalue weighted by atomic mass is 16.5. The standard InChI is InChI=1S/C23H30N2O/c1-4-6-14-26-20-10-8-18(9-11-20)22-16-19(12-13-24-22)23-15-17(3)21(25-23)7-5-2/h8-13,15-16,22,24-25H,4-7,14H2,1-3H3. The number of allylic oxidation sites excluding steroid dienone is 2. The van der Waals surface area contributed by atoms with Crippen LogP contribution in [0.1, 0.15) is 61.7 Å². The van der Waals surface area contributed by atoms with Crippen molar-refractivity contribution in [3.8, 4) is 5.75 Å². The minimum atomic E-state index is 0.179. The third-order valence-electron chi connectivity index (χ3n) is 4.82. The number of hydrogen-bond donors (Lipinski definition) is 2. The summed E-state index contributed by atoms with van der Waals surface area (Å²) in [6.45, 7) is 7.37. The van der Waals surface area contributed by atoms with Crippen molar-refractivity contribution < 1.29 is 4.74 Å². The van der Waals surface area contributed by atoms with Crippen molar-refractivity contribution in [1.29, 1.82) is 0 Å². The van der Waals surface area contributed by atoms with Crippen LogP contribution in [-0.4, -0.2) is 11.6 Å². The van der Waals surface area contributed by atoms with Gasteiger partial charge in [0.25, 0.3) is 0 Å². The number of hydrogen-bond acceptors (Lipinski definition) is 2. The summed E-state index contributed by atoms with van der Waals surface area (Å²) < 4.78 is 5.76. The lowest BCUT2D eigenvalue weighted by molar-refractivity contribution is 0.309. The van der Waals surface area contributed by atoms with Crippen LogP contribution in [0, 0.1) is 6.92 Å². The normalized spacial score (nSPS) is 16.3. The molecule has 2 N–H and O–H groups in total. The summed E-state index contributed by atoms with van der Waals surface area (Å²) in [6.07, 6.45) is 11.0. The smallest absolute Gasteiger partial charge is 0.119 e. The highest BCUT2D eigenvalue weighted by molar-refractivity contribution is 5.74. The van der Waals surface area contributed by atoms with Crippen LogP contribution in [0.25, 0.3) is 5.57 Å². The average Bonchev–Trinajstić information content (AvgIpc) is 3.04. The molecule has 1 unspecified atom stereocenters. The summed E-state index contributed by atoms with van der Waals surface area (Å²) in [5.41, 5.74) is 6.38. The Bertz CT molecular complexity index is 768. The Morgan fingerprint density at radius 1 is 1.08 bits per heavy atom. The molecule has 138 valence electrons. The molecule has 3 nitrogen and oxygen atoms in total. The van der Waals surface area contributed by atoms with Crippen molar-refractivity contribution in [3.05, 3.63) is 71.2 Å². The maximum absolute atomic E-state index is 5.76. The zero-order valence-corrected chi connectivity index (χ0v) is 16.1. The Kier molecular flexibility index (Phi) is 6.21. The van der Waals surface area contributed by atoms with Crippen molar-refractivity contribution in [2.24, 2.45) is 0 Å². The van der Waals surface area contributed by atoms with E-state index in [0.717, 1.165) is 38.0 Å². The molecule has 1 aromatic heterocycles. The summed E-state index contributed by atoms with van der Waals surface area (Å²) in [4.78, 5) is 3.59. The fraction of sp³-hybridized carbons (Fsp3) is 0.391. The zero-order chi connectivity index (χ0) is 18.4. The fourth-order valence-corrected chi connectivity index (χ4v) is 3.27. The molecule has 1 atom stereocenters. The SMILES string of the molecule is CCCCOc1ccc(C2C=C(c3cc(C)c(CCC)[nH]3)C=CN2)cc1. The number of dihydropyridines is 1. The molecule has 2 heterocycles. The van der Waals surface area contributed by atoms with Crippen molar-refractivity contribution in [2.75, 3.05) is 6.61 Å². The third-order valence-corrected chi connectivity index (χ3v) is 4.82. The molecular weight excluding hydrogens is 320 g/mol. The summed E-state index contributed by atoms with van der Waals surface area (Å²) in [6, 6.07) is 10.9. The number of ether oxygens (including phenoxy) is 1. The number of aromatic amines is 1. The highest BCUT2D eigenvalue weighted by Gasteiger charge is 2.14. The van der Waals surface area contributed by atoms with Crippen LogP contribution in [-0.2, 0) is 6.42 Å². The van der Waals surface area contributed by atoms with Crippen LogP contribution in [0.2, 0.25) is 0 Å². The Hall–Kier alpha value is -2.42. The van der Waals surface area contributed by atoms with E-state index in [1.54, 1.807) is 0 Å². The van der Waals surface area contributed by atoms with Gasteiger partial charge in [-0.1, -0.05) is 38.8 Å². The quantitative estimate of drug-likeness (QED) is 0.600. The van der Waals surface area contributed by atoms with Crippen LogP contribution < -0.4 is 10.1 Å². The largest absolute Gasteiger partial charge is 0.494 e.